The molecule has 0 saturated carbocycles. The molecule has 0 aliphatic carbocycles. The van der Waals surface area contributed by atoms with E-state index in [-0.39, 0.29) is 5.84 Å². The second-order valence-electron chi connectivity index (χ2n) is 2.69. The summed E-state index contributed by atoms with van der Waals surface area (Å²) in [6.07, 6.45) is 0.448. The highest BCUT2D eigenvalue weighted by Crippen LogP contribution is 2.07. The van der Waals surface area contributed by atoms with Crippen molar-refractivity contribution < 1.29 is 5.21 Å². The summed E-state index contributed by atoms with van der Waals surface area (Å²) in [7, 11) is 0. The molecule has 0 radical (unpaired) electrons. The lowest BCUT2D eigenvalue weighted by molar-refractivity contribution is 0.231. The Labute approximate surface area is 71.5 Å². The molecule has 0 saturated heterocycles. The van der Waals surface area contributed by atoms with Crippen LogP contribution < -0.4 is 5.48 Å². The molecule has 0 fully saturated rings. The predicted molar refractivity (Wildman–Crippen MR) is 47.5 cm³/mol. The fraction of sp³-hybridized carbons (Fsp3) is 0.222. The largest absolute Gasteiger partial charge is 0.290 e. The van der Waals surface area contributed by atoms with Crippen molar-refractivity contribution in [1.82, 2.24) is 5.48 Å². The Morgan fingerprint density at radius 2 is 2.17 bits per heavy atom. The SMILES string of the molecule is Cc1ccccc1CC(=N)NO. The molecule has 0 aliphatic heterocycles. The van der Waals surface area contributed by atoms with E-state index in [1.807, 2.05) is 36.7 Å². The Kier molecular flexibility index (Phi) is 2.82. The maximum absolute atomic E-state index is 8.41. The van der Waals surface area contributed by atoms with Crippen LogP contribution >= 0.6 is 0 Å². The van der Waals surface area contributed by atoms with Gasteiger partial charge in [-0.05, 0) is 18.1 Å². The van der Waals surface area contributed by atoms with Crippen molar-refractivity contribution in [3.8, 4) is 0 Å². The number of benzene rings is 1. The van der Waals surface area contributed by atoms with E-state index in [9.17, 15) is 0 Å². The highest BCUT2D eigenvalue weighted by Gasteiger charge is 1.99. The molecule has 1 aromatic rings. The van der Waals surface area contributed by atoms with Crippen LogP contribution in [0.1, 0.15) is 11.1 Å². The lowest BCUT2D eigenvalue weighted by Crippen LogP contribution is -2.20. The van der Waals surface area contributed by atoms with E-state index < -0.39 is 0 Å². The average Bonchev–Trinajstić information content (AvgIpc) is 2.09. The number of hydrogen-bond donors (Lipinski definition) is 3. The monoisotopic (exact) mass is 164 g/mol. The number of rotatable bonds is 2. The van der Waals surface area contributed by atoms with Gasteiger partial charge in [0.25, 0.3) is 0 Å². The summed E-state index contributed by atoms with van der Waals surface area (Å²) < 4.78 is 0. The van der Waals surface area contributed by atoms with Crippen LogP contribution in [0.25, 0.3) is 0 Å². The molecule has 0 heterocycles. The Hall–Kier alpha value is -1.35. The van der Waals surface area contributed by atoms with Gasteiger partial charge in [-0.3, -0.25) is 16.1 Å². The molecule has 0 spiro atoms. The van der Waals surface area contributed by atoms with Crippen molar-refractivity contribution >= 4 is 5.84 Å². The van der Waals surface area contributed by atoms with Crippen molar-refractivity contribution in [3.05, 3.63) is 35.4 Å². The fourth-order valence-electron chi connectivity index (χ4n) is 1.04. The smallest absolute Gasteiger partial charge is 0.122 e. The predicted octanol–water partition coefficient (Wildman–Crippen LogP) is 1.49. The number of aryl methyl sites for hydroxylation is 1. The molecule has 0 bridgehead atoms. The standard InChI is InChI=1S/C9H12N2O/c1-7-4-2-3-5-8(7)6-9(10)11-12/h2-5,12H,6H2,1H3,(H2,10,11). The number of amidine groups is 1. The van der Waals surface area contributed by atoms with E-state index in [2.05, 4.69) is 0 Å². The van der Waals surface area contributed by atoms with Crippen molar-refractivity contribution in [3.63, 3.8) is 0 Å². The highest BCUT2D eigenvalue weighted by atomic mass is 16.5. The lowest BCUT2D eigenvalue weighted by atomic mass is 10.1. The zero-order chi connectivity index (χ0) is 8.97. The number of nitrogens with one attached hydrogen (secondary N) is 2. The van der Waals surface area contributed by atoms with Crippen LogP contribution in [0.15, 0.2) is 24.3 Å². The number of hydroxylamine groups is 1. The third-order valence-corrected chi connectivity index (χ3v) is 1.76. The van der Waals surface area contributed by atoms with Gasteiger partial charge >= 0.3 is 0 Å². The van der Waals surface area contributed by atoms with Crippen molar-refractivity contribution in [1.29, 1.82) is 5.41 Å². The van der Waals surface area contributed by atoms with Gasteiger partial charge in [-0.25, -0.2) is 0 Å². The summed E-state index contributed by atoms with van der Waals surface area (Å²) >= 11 is 0. The molecule has 0 atom stereocenters. The number of hydrogen-bond acceptors (Lipinski definition) is 2. The van der Waals surface area contributed by atoms with E-state index in [4.69, 9.17) is 10.6 Å². The topological polar surface area (TPSA) is 56.1 Å². The van der Waals surface area contributed by atoms with E-state index in [1.54, 1.807) is 0 Å². The average molecular weight is 164 g/mol. The highest BCUT2D eigenvalue weighted by molar-refractivity contribution is 5.80. The molecule has 1 rings (SSSR count). The van der Waals surface area contributed by atoms with E-state index in [0.29, 0.717) is 6.42 Å². The second-order valence-corrected chi connectivity index (χ2v) is 2.69. The van der Waals surface area contributed by atoms with E-state index >= 15 is 0 Å². The molecular formula is C9H12N2O. The minimum absolute atomic E-state index is 0.115. The fourth-order valence-corrected chi connectivity index (χ4v) is 1.04. The van der Waals surface area contributed by atoms with Gasteiger partial charge in [0, 0.05) is 6.42 Å². The molecule has 0 aromatic heterocycles. The zero-order valence-corrected chi connectivity index (χ0v) is 6.96. The Bertz CT molecular complexity index is 284. The molecule has 0 aliphatic rings. The van der Waals surface area contributed by atoms with Gasteiger partial charge in [0.15, 0.2) is 0 Å². The molecule has 0 unspecified atom stereocenters. The Morgan fingerprint density at radius 3 is 2.75 bits per heavy atom. The molecule has 64 valence electrons. The summed E-state index contributed by atoms with van der Waals surface area (Å²) in [5.74, 6) is 0.115. The first-order valence-electron chi connectivity index (χ1n) is 3.76. The molecule has 0 amide bonds. The van der Waals surface area contributed by atoms with Crippen LogP contribution in [-0.4, -0.2) is 11.0 Å². The minimum Gasteiger partial charge on any atom is -0.290 e. The lowest BCUT2D eigenvalue weighted by Gasteiger charge is -2.04. The minimum atomic E-state index is 0.115. The van der Waals surface area contributed by atoms with Gasteiger partial charge in [-0.1, -0.05) is 24.3 Å². The molecule has 1 aromatic carbocycles. The summed E-state index contributed by atoms with van der Waals surface area (Å²) in [6, 6.07) is 7.81. The van der Waals surface area contributed by atoms with Gasteiger partial charge in [0.1, 0.15) is 5.84 Å². The first-order chi connectivity index (χ1) is 5.74. The maximum Gasteiger partial charge on any atom is 0.122 e. The van der Waals surface area contributed by atoms with Crippen LogP contribution in [0, 0.1) is 12.3 Å². The second kappa shape index (κ2) is 3.88. The molecule has 3 heteroatoms. The van der Waals surface area contributed by atoms with Gasteiger partial charge in [-0.2, -0.15) is 0 Å². The molecule has 3 nitrogen and oxygen atoms in total. The van der Waals surface area contributed by atoms with Gasteiger partial charge in [0.05, 0.1) is 0 Å². The van der Waals surface area contributed by atoms with Crippen molar-refractivity contribution in [2.24, 2.45) is 0 Å². The third kappa shape index (κ3) is 2.07. The van der Waals surface area contributed by atoms with Crippen LogP contribution in [0.2, 0.25) is 0 Å². The van der Waals surface area contributed by atoms with Crippen LogP contribution in [0.3, 0.4) is 0 Å². The summed E-state index contributed by atoms with van der Waals surface area (Å²) in [6.45, 7) is 1.99. The van der Waals surface area contributed by atoms with Gasteiger partial charge < -0.3 is 0 Å². The van der Waals surface area contributed by atoms with E-state index in [0.717, 1.165) is 11.1 Å². The van der Waals surface area contributed by atoms with Gasteiger partial charge in [-0.15, -0.1) is 0 Å². The van der Waals surface area contributed by atoms with Crippen molar-refractivity contribution in [2.75, 3.05) is 0 Å². The molecule has 12 heavy (non-hydrogen) atoms. The molecular weight excluding hydrogens is 152 g/mol. The summed E-state index contributed by atoms with van der Waals surface area (Å²) in [4.78, 5) is 0. The third-order valence-electron chi connectivity index (χ3n) is 1.76. The van der Waals surface area contributed by atoms with E-state index in [1.165, 1.54) is 0 Å². The zero-order valence-electron chi connectivity index (χ0n) is 6.96. The normalized spacial score (nSPS) is 9.50. The first-order valence-corrected chi connectivity index (χ1v) is 3.76. The van der Waals surface area contributed by atoms with Crippen LogP contribution in [-0.2, 0) is 6.42 Å². The Morgan fingerprint density at radius 1 is 1.50 bits per heavy atom. The van der Waals surface area contributed by atoms with Crippen LogP contribution in [0.4, 0.5) is 0 Å². The first kappa shape index (κ1) is 8.74. The quantitative estimate of drug-likeness (QED) is 0.352. The van der Waals surface area contributed by atoms with Crippen molar-refractivity contribution in [2.45, 2.75) is 13.3 Å². The van der Waals surface area contributed by atoms with Crippen LogP contribution in [0.5, 0.6) is 0 Å². The summed E-state index contributed by atoms with van der Waals surface area (Å²) in [5.41, 5.74) is 4.02. The Balaban J connectivity index is 2.75. The maximum atomic E-state index is 8.41. The summed E-state index contributed by atoms with van der Waals surface area (Å²) in [5, 5.41) is 15.6. The van der Waals surface area contributed by atoms with Gasteiger partial charge in [0.2, 0.25) is 0 Å². The molecule has 3 N–H and O–H groups in total.